The highest BCUT2D eigenvalue weighted by molar-refractivity contribution is 5.84. The van der Waals surface area contributed by atoms with E-state index in [1.807, 2.05) is 11.9 Å². The van der Waals surface area contributed by atoms with E-state index in [4.69, 9.17) is 5.73 Å². The molecule has 0 aromatic carbocycles. The summed E-state index contributed by atoms with van der Waals surface area (Å²) < 4.78 is 0. The molecule has 2 aliphatic carbocycles. The van der Waals surface area contributed by atoms with E-state index in [9.17, 15) is 4.79 Å². The number of nitrogens with zero attached hydrogens (tertiary/aromatic N) is 2. The summed E-state index contributed by atoms with van der Waals surface area (Å²) in [4.78, 5) is 18.0. The number of guanidine groups is 1. The molecule has 2 rings (SSSR count). The van der Waals surface area contributed by atoms with Crippen molar-refractivity contribution in [2.24, 2.45) is 10.7 Å². The zero-order valence-corrected chi connectivity index (χ0v) is 11.2. The van der Waals surface area contributed by atoms with Crippen molar-refractivity contribution in [3.05, 3.63) is 0 Å². The average molecular weight is 252 g/mol. The van der Waals surface area contributed by atoms with E-state index >= 15 is 0 Å². The smallest absolute Gasteiger partial charge is 0.244 e. The van der Waals surface area contributed by atoms with Gasteiger partial charge in [0.15, 0.2) is 5.96 Å². The zero-order chi connectivity index (χ0) is 13.0. The molecular formula is C13H24N4O. The van der Waals surface area contributed by atoms with Crippen LogP contribution in [-0.4, -0.2) is 42.4 Å². The van der Waals surface area contributed by atoms with Gasteiger partial charge >= 0.3 is 0 Å². The minimum absolute atomic E-state index is 0.0717. The maximum Gasteiger partial charge on any atom is 0.244 e. The Labute approximate surface area is 109 Å². The lowest BCUT2D eigenvalue weighted by Crippen LogP contribution is -2.40. The van der Waals surface area contributed by atoms with Gasteiger partial charge in [-0.05, 0) is 25.7 Å². The van der Waals surface area contributed by atoms with E-state index in [1.54, 1.807) is 0 Å². The molecule has 0 aromatic heterocycles. The van der Waals surface area contributed by atoms with E-state index in [1.165, 1.54) is 19.3 Å². The second-order valence-electron chi connectivity index (χ2n) is 5.42. The number of hydrogen-bond acceptors (Lipinski definition) is 2. The van der Waals surface area contributed by atoms with Crippen molar-refractivity contribution in [3.8, 4) is 0 Å². The molecule has 0 atom stereocenters. The summed E-state index contributed by atoms with van der Waals surface area (Å²) in [7, 11) is 1.89. The fourth-order valence-corrected chi connectivity index (χ4v) is 2.42. The van der Waals surface area contributed by atoms with Crippen LogP contribution in [0.1, 0.15) is 44.9 Å². The van der Waals surface area contributed by atoms with Crippen LogP contribution in [0.2, 0.25) is 0 Å². The van der Waals surface area contributed by atoms with Crippen LogP contribution in [0.3, 0.4) is 0 Å². The van der Waals surface area contributed by atoms with Crippen LogP contribution in [0.4, 0.5) is 0 Å². The first kappa shape index (κ1) is 13.2. The van der Waals surface area contributed by atoms with Crippen molar-refractivity contribution in [3.63, 3.8) is 0 Å². The largest absolute Gasteiger partial charge is 0.370 e. The third-order valence-electron chi connectivity index (χ3n) is 3.83. The summed E-state index contributed by atoms with van der Waals surface area (Å²) in [5.41, 5.74) is 5.71. The van der Waals surface area contributed by atoms with Crippen LogP contribution in [0.15, 0.2) is 4.99 Å². The quantitative estimate of drug-likeness (QED) is 0.575. The summed E-state index contributed by atoms with van der Waals surface area (Å²) in [5, 5.41) is 3.08. The van der Waals surface area contributed by atoms with Gasteiger partial charge in [-0.1, -0.05) is 19.3 Å². The van der Waals surface area contributed by atoms with Gasteiger partial charge in [0.25, 0.3) is 0 Å². The number of hydrogen-bond donors (Lipinski definition) is 2. The molecule has 0 aliphatic heterocycles. The van der Waals surface area contributed by atoms with Crippen LogP contribution < -0.4 is 11.1 Å². The number of likely N-dealkylation sites (N-methyl/N-ethyl adjacent to an activating group) is 1. The van der Waals surface area contributed by atoms with Crippen molar-refractivity contribution in [1.82, 2.24) is 10.2 Å². The SMILES string of the molecule is CN(C(=O)CN=C(N)NC1CC1)C1CCCCC1. The maximum atomic E-state index is 12.0. The Morgan fingerprint density at radius 3 is 2.56 bits per heavy atom. The fourth-order valence-electron chi connectivity index (χ4n) is 2.42. The van der Waals surface area contributed by atoms with E-state index in [-0.39, 0.29) is 12.5 Å². The minimum Gasteiger partial charge on any atom is -0.370 e. The second kappa shape index (κ2) is 6.07. The van der Waals surface area contributed by atoms with Gasteiger partial charge in [-0.15, -0.1) is 0 Å². The molecular weight excluding hydrogens is 228 g/mol. The number of amides is 1. The van der Waals surface area contributed by atoms with E-state index in [2.05, 4.69) is 10.3 Å². The van der Waals surface area contributed by atoms with Gasteiger partial charge in [-0.2, -0.15) is 0 Å². The molecule has 3 N–H and O–H groups in total. The third-order valence-corrected chi connectivity index (χ3v) is 3.83. The first-order chi connectivity index (χ1) is 8.66. The van der Waals surface area contributed by atoms with Gasteiger partial charge in [-0.3, -0.25) is 4.79 Å². The molecule has 2 fully saturated rings. The number of nitrogens with two attached hydrogens (primary N) is 1. The molecule has 18 heavy (non-hydrogen) atoms. The normalized spacial score (nSPS) is 21.7. The summed E-state index contributed by atoms with van der Waals surface area (Å²) >= 11 is 0. The number of rotatable bonds is 4. The second-order valence-corrected chi connectivity index (χ2v) is 5.42. The van der Waals surface area contributed by atoms with Gasteiger partial charge in [0.05, 0.1) is 0 Å². The number of carbonyl (C=O) groups excluding carboxylic acids is 1. The first-order valence-electron chi connectivity index (χ1n) is 6.99. The molecule has 2 saturated carbocycles. The average Bonchev–Trinajstić information content (AvgIpc) is 3.20. The van der Waals surface area contributed by atoms with E-state index in [0.29, 0.717) is 18.0 Å². The fraction of sp³-hybridized carbons (Fsp3) is 0.846. The van der Waals surface area contributed by atoms with E-state index < -0.39 is 0 Å². The maximum absolute atomic E-state index is 12.0. The molecule has 102 valence electrons. The van der Waals surface area contributed by atoms with Crippen molar-refractivity contribution in [2.75, 3.05) is 13.6 Å². The Kier molecular flexibility index (Phi) is 4.44. The highest BCUT2D eigenvalue weighted by Gasteiger charge is 2.23. The van der Waals surface area contributed by atoms with Gasteiger partial charge in [0.1, 0.15) is 6.54 Å². The summed E-state index contributed by atoms with van der Waals surface area (Å²) in [6.07, 6.45) is 8.34. The van der Waals surface area contributed by atoms with Crippen LogP contribution in [-0.2, 0) is 4.79 Å². The lowest BCUT2D eigenvalue weighted by atomic mass is 9.94. The Hall–Kier alpha value is -1.26. The summed E-state index contributed by atoms with van der Waals surface area (Å²) in [6, 6.07) is 0.888. The van der Waals surface area contributed by atoms with Crippen LogP contribution in [0.5, 0.6) is 0 Å². The minimum atomic E-state index is 0.0717. The highest BCUT2D eigenvalue weighted by atomic mass is 16.2. The molecule has 0 saturated heterocycles. The third kappa shape index (κ3) is 3.89. The molecule has 0 radical (unpaired) electrons. The summed E-state index contributed by atoms with van der Waals surface area (Å²) in [6.45, 7) is 0.165. The molecule has 0 heterocycles. The number of carbonyl (C=O) groups is 1. The Morgan fingerprint density at radius 1 is 1.28 bits per heavy atom. The number of nitrogens with one attached hydrogen (secondary N) is 1. The topological polar surface area (TPSA) is 70.7 Å². The number of aliphatic imine (C=N–C) groups is 1. The first-order valence-corrected chi connectivity index (χ1v) is 6.99. The monoisotopic (exact) mass is 252 g/mol. The molecule has 5 nitrogen and oxygen atoms in total. The van der Waals surface area contributed by atoms with Crippen LogP contribution in [0, 0.1) is 0 Å². The van der Waals surface area contributed by atoms with Gasteiger partial charge in [0, 0.05) is 19.1 Å². The molecule has 0 spiro atoms. The molecule has 1 amide bonds. The molecule has 0 bridgehead atoms. The van der Waals surface area contributed by atoms with Crippen molar-refractivity contribution in [1.29, 1.82) is 0 Å². The Morgan fingerprint density at radius 2 is 1.94 bits per heavy atom. The lowest BCUT2D eigenvalue weighted by molar-refractivity contribution is -0.130. The van der Waals surface area contributed by atoms with Gasteiger partial charge in [-0.25, -0.2) is 4.99 Å². The van der Waals surface area contributed by atoms with Gasteiger partial charge in [0.2, 0.25) is 5.91 Å². The molecule has 0 aromatic rings. The Bertz CT molecular complexity index is 319. The molecule has 5 heteroatoms. The molecule has 2 aliphatic rings. The lowest BCUT2D eigenvalue weighted by Gasteiger charge is -2.30. The standard InChI is InChI=1S/C13H24N4O/c1-17(11-5-3-2-4-6-11)12(18)9-15-13(14)16-10-7-8-10/h10-11H,2-9H2,1H3,(H3,14,15,16). The Balaban J connectivity index is 1.75. The highest BCUT2D eigenvalue weighted by Crippen LogP contribution is 2.21. The summed E-state index contributed by atoms with van der Waals surface area (Å²) in [5.74, 6) is 0.477. The van der Waals surface area contributed by atoms with E-state index in [0.717, 1.165) is 25.7 Å². The van der Waals surface area contributed by atoms with Crippen molar-refractivity contribution in [2.45, 2.75) is 57.0 Å². The van der Waals surface area contributed by atoms with Gasteiger partial charge < -0.3 is 16.0 Å². The predicted octanol–water partition coefficient (Wildman–Crippen LogP) is 0.844. The van der Waals surface area contributed by atoms with Crippen molar-refractivity contribution >= 4 is 11.9 Å². The van der Waals surface area contributed by atoms with Crippen LogP contribution >= 0.6 is 0 Å². The van der Waals surface area contributed by atoms with Crippen LogP contribution in [0.25, 0.3) is 0 Å². The molecule has 0 unspecified atom stereocenters. The predicted molar refractivity (Wildman–Crippen MR) is 72.3 cm³/mol. The zero-order valence-electron chi connectivity index (χ0n) is 11.2. The van der Waals surface area contributed by atoms with Crippen molar-refractivity contribution < 1.29 is 4.79 Å².